The largest absolute Gasteiger partial charge is 0.573 e. The molecule has 10 heteroatoms. The van der Waals surface area contributed by atoms with Gasteiger partial charge in [-0.05, 0) is 29.8 Å². The van der Waals surface area contributed by atoms with E-state index >= 15 is 0 Å². The molecule has 2 N–H and O–H groups in total. The molecule has 0 atom stereocenters. The Bertz CT molecular complexity index is 933. The van der Waals surface area contributed by atoms with Crippen molar-refractivity contribution in [2.75, 3.05) is 29.6 Å². The normalized spacial score (nSPS) is 11.1. The molecule has 0 aliphatic rings. The van der Waals surface area contributed by atoms with Crippen LogP contribution >= 0.6 is 0 Å². The smallest absolute Gasteiger partial charge is 0.406 e. The van der Waals surface area contributed by atoms with Crippen molar-refractivity contribution >= 4 is 23.5 Å². The Balaban J connectivity index is 1.75. The van der Waals surface area contributed by atoms with Gasteiger partial charge in [0.25, 0.3) is 0 Å². The van der Waals surface area contributed by atoms with Crippen molar-refractivity contribution in [2.45, 2.75) is 12.9 Å². The number of ether oxygens (including phenoxy) is 1. The fourth-order valence-electron chi connectivity index (χ4n) is 2.35. The van der Waals surface area contributed by atoms with E-state index in [2.05, 4.69) is 30.3 Å². The third kappa shape index (κ3) is 6.23. The first kappa shape index (κ1) is 20.2. The third-order valence-corrected chi connectivity index (χ3v) is 3.66. The number of alkyl halides is 3. The first-order valence-corrected chi connectivity index (χ1v) is 8.62. The zero-order chi connectivity index (χ0) is 20.9. The van der Waals surface area contributed by atoms with Gasteiger partial charge in [-0.3, -0.25) is 0 Å². The van der Waals surface area contributed by atoms with E-state index < -0.39 is 6.36 Å². The van der Waals surface area contributed by atoms with Gasteiger partial charge in [0.15, 0.2) is 0 Å². The lowest BCUT2D eigenvalue weighted by molar-refractivity contribution is -0.274. The van der Waals surface area contributed by atoms with Gasteiger partial charge in [-0.15, -0.1) is 13.2 Å². The van der Waals surface area contributed by atoms with E-state index in [4.69, 9.17) is 0 Å². The molecule has 3 rings (SSSR count). The van der Waals surface area contributed by atoms with Crippen molar-refractivity contribution in [3.05, 3.63) is 60.2 Å². The van der Waals surface area contributed by atoms with Crippen molar-refractivity contribution in [1.82, 2.24) is 15.0 Å². The van der Waals surface area contributed by atoms with Crippen LogP contribution in [0.5, 0.6) is 5.75 Å². The number of benzene rings is 2. The van der Waals surface area contributed by atoms with Crippen molar-refractivity contribution in [2.24, 2.45) is 0 Å². The minimum Gasteiger partial charge on any atom is -0.406 e. The lowest BCUT2D eigenvalue weighted by Gasteiger charge is -2.14. The molecule has 0 saturated carbocycles. The van der Waals surface area contributed by atoms with Crippen LogP contribution in [-0.2, 0) is 6.54 Å². The third-order valence-electron chi connectivity index (χ3n) is 3.66. The summed E-state index contributed by atoms with van der Waals surface area (Å²) in [6.45, 7) is 0.528. The summed E-state index contributed by atoms with van der Waals surface area (Å²) in [6, 6.07) is 15.1. The summed E-state index contributed by atoms with van der Waals surface area (Å²) in [6.07, 6.45) is -4.73. The standard InChI is InChI=1S/C19H19F3N6O/c1-28(2)18-26-16(23-12-13-6-4-3-5-7-13)25-17(27-18)24-14-8-10-15(11-9-14)29-19(20,21)22/h3-11H,12H2,1-2H3,(H2,23,24,25,26,27). The number of aromatic nitrogens is 3. The SMILES string of the molecule is CN(C)c1nc(NCc2ccccc2)nc(Nc2ccc(OC(F)(F)F)cc2)n1. The molecule has 0 amide bonds. The zero-order valence-corrected chi connectivity index (χ0v) is 15.7. The number of nitrogens with one attached hydrogen (secondary N) is 2. The van der Waals surface area contributed by atoms with E-state index in [-0.39, 0.29) is 11.7 Å². The average molecular weight is 404 g/mol. The molecule has 2 aromatic carbocycles. The predicted molar refractivity (Wildman–Crippen MR) is 104 cm³/mol. The first-order chi connectivity index (χ1) is 13.8. The maximum Gasteiger partial charge on any atom is 0.573 e. The molecule has 3 aromatic rings. The summed E-state index contributed by atoms with van der Waals surface area (Å²) in [5.74, 6) is 0.740. The number of hydrogen-bond donors (Lipinski definition) is 2. The van der Waals surface area contributed by atoms with Crippen molar-refractivity contribution in [3.8, 4) is 5.75 Å². The minimum atomic E-state index is -4.73. The Morgan fingerprint density at radius 3 is 2.17 bits per heavy atom. The Morgan fingerprint density at radius 1 is 0.897 bits per heavy atom. The molecule has 152 valence electrons. The average Bonchev–Trinajstić information content (AvgIpc) is 2.67. The second-order valence-electron chi connectivity index (χ2n) is 6.21. The molecule has 1 heterocycles. The highest BCUT2D eigenvalue weighted by Crippen LogP contribution is 2.25. The fourth-order valence-corrected chi connectivity index (χ4v) is 2.35. The maximum atomic E-state index is 12.3. The molecule has 0 fully saturated rings. The van der Waals surface area contributed by atoms with E-state index in [9.17, 15) is 13.2 Å². The summed E-state index contributed by atoms with van der Waals surface area (Å²) in [4.78, 5) is 14.7. The number of halogens is 3. The molecule has 0 aliphatic carbocycles. The molecule has 29 heavy (non-hydrogen) atoms. The number of hydrogen-bond acceptors (Lipinski definition) is 7. The van der Waals surface area contributed by atoms with Crippen LogP contribution in [0.1, 0.15) is 5.56 Å². The van der Waals surface area contributed by atoms with E-state index in [1.165, 1.54) is 24.3 Å². The first-order valence-electron chi connectivity index (χ1n) is 8.62. The van der Waals surface area contributed by atoms with Gasteiger partial charge in [0, 0.05) is 26.3 Å². The molecular weight excluding hydrogens is 385 g/mol. The van der Waals surface area contributed by atoms with E-state index in [0.29, 0.717) is 24.1 Å². The van der Waals surface area contributed by atoms with Gasteiger partial charge in [-0.25, -0.2) is 0 Å². The van der Waals surface area contributed by atoms with Crippen LogP contribution in [0.25, 0.3) is 0 Å². The quantitative estimate of drug-likeness (QED) is 0.612. The van der Waals surface area contributed by atoms with Crippen LogP contribution in [-0.4, -0.2) is 35.4 Å². The molecule has 1 aromatic heterocycles. The van der Waals surface area contributed by atoms with Crippen LogP contribution in [0.15, 0.2) is 54.6 Å². The van der Waals surface area contributed by atoms with Gasteiger partial charge in [0.2, 0.25) is 17.8 Å². The molecule has 7 nitrogen and oxygen atoms in total. The van der Waals surface area contributed by atoms with Crippen LogP contribution in [0, 0.1) is 0 Å². The van der Waals surface area contributed by atoms with Gasteiger partial charge >= 0.3 is 6.36 Å². The second-order valence-corrected chi connectivity index (χ2v) is 6.21. The van der Waals surface area contributed by atoms with Gasteiger partial charge < -0.3 is 20.3 Å². The second kappa shape index (κ2) is 8.63. The van der Waals surface area contributed by atoms with Crippen molar-refractivity contribution in [3.63, 3.8) is 0 Å². The molecule has 0 unspecified atom stereocenters. The molecule has 0 radical (unpaired) electrons. The minimum absolute atomic E-state index is 0.253. The summed E-state index contributed by atoms with van der Waals surface area (Å²) >= 11 is 0. The lowest BCUT2D eigenvalue weighted by atomic mass is 10.2. The summed E-state index contributed by atoms with van der Waals surface area (Å²) in [7, 11) is 3.59. The lowest BCUT2D eigenvalue weighted by Crippen LogP contribution is -2.17. The van der Waals surface area contributed by atoms with E-state index in [1.807, 2.05) is 30.3 Å². The van der Waals surface area contributed by atoms with Crippen molar-refractivity contribution in [1.29, 1.82) is 0 Å². The van der Waals surface area contributed by atoms with Gasteiger partial charge in [0.05, 0.1) is 0 Å². The predicted octanol–water partition coefficient (Wildman–Crippen LogP) is 4.19. The summed E-state index contributed by atoms with van der Waals surface area (Å²) < 4.78 is 40.7. The number of nitrogens with zero attached hydrogens (tertiary/aromatic N) is 4. The Morgan fingerprint density at radius 2 is 1.55 bits per heavy atom. The zero-order valence-electron chi connectivity index (χ0n) is 15.7. The number of anilines is 4. The monoisotopic (exact) mass is 404 g/mol. The molecule has 0 saturated heterocycles. The van der Waals surface area contributed by atoms with Crippen LogP contribution < -0.4 is 20.3 Å². The Kier molecular flexibility index (Phi) is 6.01. The summed E-state index contributed by atoms with van der Waals surface area (Å²) in [5.41, 5.74) is 1.57. The highest BCUT2D eigenvalue weighted by atomic mass is 19.4. The topological polar surface area (TPSA) is 75.2 Å². The molecule has 0 aliphatic heterocycles. The molecule has 0 bridgehead atoms. The van der Waals surface area contributed by atoms with E-state index in [0.717, 1.165) is 5.56 Å². The highest BCUT2D eigenvalue weighted by molar-refractivity contribution is 5.56. The Hall–Kier alpha value is -3.56. The molecule has 0 spiro atoms. The van der Waals surface area contributed by atoms with Gasteiger partial charge in [-0.2, -0.15) is 15.0 Å². The maximum absolute atomic E-state index is 12.3. The Labute approximate surface area is 165 Å². The van der Waals surface area contributed by atoms with Crippen LogP contribution in [0.3, 0.4) is 0 Å². The number of rotatable bonds is 7. The van der Waals surface area contributed by atoms with Crippen LogP contribution in [0.2, 0.25) is 0 Å². The van der Waals surface area contributed by atoms with Crippen molar-refractivity contribution < 1.29 is 17.9 Å². The van der Waals surface area contributed by atoms with E-state index in [1.54, 1.807) is 19.0 Å². The highest BCUT2D eigenvalue weighted by Gasteiger charge is 2.30. The summed E-state index contributed by atoms with van der Waals surface area (Å²) in [5, 5.41) is 6.11. The van der Waals surface area contributed by atoms with Gasteiger partial charge in [0.1, 0.15) is 5.75 Å². The van der Waals surface area contributed by atoms with Crippen LogP contribution in [0.4, 0.5) is 36.7 Å². The van der Waals surface area contributed by atoms with Gasteiger partial charge in [-0.1, -0.05) is 30.3 Å². The molecular formula is C19H19F3N6O. The fraction of sp³-hybridized carbons (Fsp3) is 0.211.